The molecule has 26 heavy (non-hydrogen) atoms. The Hall–Kier alpha value is -2.83. The Balaban J connectivity index is 1.41. The molecule has 7 rings (SSSR count). The molecule has 2 aromatic heterocycles. The minimum atomic E-state index is 0.206. The van der Waals surface area contributed by atoms with Gasteiger partial charge in [0.2, 0.25) is 12.7 Å². The molecule has 3 saturated carbocycles. The Morgan fingerprint density at radius 1 is 1.15 bits per heavy atom. The smallest absolute Gasteiger partial charge is 0.231 e. The molecule has 132 valence electrons. The van der Waals surface area contributed by atoms with Crippen molar-refractivity contribution in [3.8, 4) is 11.5 Å². The molecule has 3 heterocycles. The van der Waals surface area contributed by atoms with Crippen molar-refractivity contribution in [3.63, 3.8) is 0 Å². The zero-order valence-corrected chi connectivity index (χ0v) is 14.7. The zero-order valence-electron chi connectivity index (χ0n) is 14.7. The highest BCUT2D eigenvalue weighted by Crippen LogP contribution is 2.62. The molecule has 1 aliphatic heterocycles. The fraction of sp³-hybridized carbons (Fsp3) is 0.421. The third-order valence-corrected chi connectivity index (χ3v) is 6.03. The van der Waals surface area contributed by atoms with Gasteiger partial charge in [0.1, 0.15) is 0 Å². The molecule has 0 spiro atoms. The van der Waals surface area contributed by atoms with Crippen molar-refractivity contribution in [2.24, 2.45) is 5.92 Å². The van der Waals surface area contributed by atoms with Crippen LogP contribution in [-0.2, 0) is 5.54 Å². The summed E-state index contributed by atoms with van der Waals surface area (Å²) < 4.78 is 13.1. The van der Waals surface area contributed by atoms with E-state index in [1.165, 1.54) is 19.3 Å². The standard InChI is InChI=1S/C19H19N5O2/c1-10-3-15-16(26-9-25-15)4-14(10)21-18-20-8-13-11(2)23-24(17(13)22-18)19-5-12(6-19)7-19/h3-4,8,12H,5-7,9H2,1-2H3,(H,20,21,22). The summed E-state index contributed by atoms with van der Waals surface area (Å²) in [5, 5.41) is 9.15. The second kappa shape index (κ2) is 4.66. The molecule has 3 aromatic rings. The maximum Gasteiger partial charge on any atom is 0.231 e. The summed E-state index contributed by atoms with van der Waals surface area (Å²) >= 11 is 0. The van der Waals surface area contributed by atoms with E-state index in [1.54, 1.807) is 0 Å². The molecule has 1 aromatic carbocycles. The van der Waals surface area contributed by atoms with Crippen molar-refractivity contribution >= 4 is 22.7 Å². The first-order valence-corrected chi connectivity index (χ1v) is 9.01. The van der Waals surface area contributed by atoms with Crippen LogP contribution in [0.15, 0.2) is 18.3 Å². The second-order valence-corrected chi connectivity index (χ2v) is 7.78. The van der Waals surface area contributed by atoms with Crippen molar-refractivity contribution in [2.45, 2.75) is 38.6 Å². The predicted octanol–water partition coefficient (Wildman–Crippen LogP) is 3.42. The van der Waals surface area contributed by atoms with Gasteiger partial charge in [-0.3, -0.25) is 0 Å². The number of benzene rings is 1. The number of aryl methyl sites for hydroxylation is 2. The summed E-state index contributed by atoms with van der Waals surface area (Å²) in [7, 11) is 0. The number of rotatable bonds is 3. The zero-order chi connectivity index (χ0) is 17.5. The van der Waals surface area contributed by atoms with Gasteiger partial charge in [-0.2, -0.15) is 10.1 Å². The van der Waals surface area contributed by atoms with Crippen LogP contribution in [0.25, 0.3) is 11.0 Å². The molecule has 0 unspecified atom stereocenters. The van der Waals surface area contributed by atoms with E-state index >= 15 is 0 Å². The summed E-state index contributed by atoms with van der Waals surface area (Å²) in [5.74, 6) is 2.99. The first-order chi connectivity index (χ1) is 12.6. The fourth-order valence-corrected chi connectivity index (χ4v) is 4.42. The molecule has 0 atom stereocenters. The normalized spacial score (nSPS) is 25.1. The third-order valence-electron chi connectivity index (χ3n) is 6.03. The number of ether oxygens (including phenoxy) is 2. The van der Waals surface area contributed by atoms with Crippen LogP contribution >= 0.6 is 0 Å². The molecule has 7 heteroatoms. The number of anilines is 2. The van der Waals surface area contributed by atoms with Gasteiger partial charge in [-0.05, 0) is 50.7 Å². The first kappa shape index (κ1) is 14.4. The Labute approximate surface area is 150 Å². The van der Waals surface area contributed by atoms with Crippen LogP contribution in [0.5, 0.6) is 11.5 Å². The number of fused-ring (bicyclic) bond motifs is 2. The Morgan fingerprint density at radius 3 is 2.65 bits per heavy atom. The van der Waals surface area contributed by atoms with Crippen LogP contribution in [0.2, 0.25) is 0 Å². The molecule has 2 bridgehead atoms. The van der Waals surface area contributed by atoms with Crippen LogP contribution in [0.4, 0.5) is 11.6 Å². The lowest BCUT2D eigenvalue weighted by atomic mass is 9.50. The van der Waals surface area contributed by atoms with Crippen molar-refractivity contribution in [2.75, 3.05) is 12.1 Å². The van der Waals surface area contributed by atoms with Crippen LogP contribution in [-0.4, -0.2) is 26.5 Å². The monoisotopic (exact) mass is 349 g/mol. The second-order valence-electron chi connectivity index (χ2n) is 7.78. The number of hydrogen-bond acceptors (Lipinski definition) is 6. The van der Waals surface area contributed by atoms with E-state index in [-0.39, 0.29) is 12.3 Å². The molecule has 0 saturated heterocycles. The van der Waals surface area contributed by atoms with Gasteiger partial charge < -0.3 is 14.8 Å². The molecule has 7 nitrogen and oxygen atoms in total. The van der Waals surface area contributed by atoms with E-state index in [4.69, 9.17) is 19.6 Å². The maximum atomic E-state index is 5.48. The fourth-order valence-electron chi connectivity index (χ4n) is 4.42. The minimum Gasteiger partial charge on any atom is -0.454 e. The number of nitrogens with one attached hydrogen (secondary N) is 1. The summed E-state index contributed by atoms with van der Waals surface area (Å²) in [5.41, 5.74) is 4.10. The van der Waals surface area contributed by atoms with E-state index < -0.39 is 0 Å². The van der Waals surface area contributed by atoms with Crippen LogP contribution in [0.3, 0.4) is 0 Å². The van der Waals surface area contributed by atoms with Gasteiger partial charge in [0.25, 0.3) is 0 Å². The largest absolute Gasteiger partial charge is 0.454 e. The highest BCUT2D eigenvalue weighted by molar-refractivity contribution is 5.79. The lowest BCUT2D eigenvalue weighted by Crippen LogP contribution is -2.59. The number of hydrogen-bond donors (Lipinski definition) is 1. The van der Waals surface area contributed by atoms with E-state index in [2.05, 4.69) is 15.0 Å². The van der Waals surface area contributed by atoms with Crippen LogP contribution < -0.4 is 14.8 Å². The average molecular weight is 349 g/mol. The lowest BCUT2D eigenvalue weighted by molar-refractivity contribution is -0.0949. The van der Waals surface area contributed by atoms with Gasteiger partial charge in [0.05, 0.1) is 16.6 Å². The van der Waals surface area contributed by atoms with Gasteiger partial charge in [0.15, 0.2) is 17.1 Å². The quantitative estimate of drug-likeness (QED) is 0.781. The summed E-state index contributed by atoms with van der Waals surface area (Å²) in [6.45, 7) is 4.32. The predicted molar refractivity (Wildman–Crippen MR) is 96.0 cm³/mol. The van der Waals surface area contributed by atoms with Gasteiger partial charge >= 0.3 is 0 Å². The SMILES string of the molecule is Cc1cc2c(cc1Nc1ncc3c(C)nn(C45CC(C4)C5)c3n1)OCO2. The maximum absolute atomic E-state index is 5.48. The van der Waals surface area contributed by atoms with Crippen molar-refractivity contribution < 1.29 is 9.47 Å². The minimum absolute atomic E-state index is 0.206. The van der Waals surface area contributed by atoms with Gasteiger partial charge in [-0.1, -0.05) is 0 Å². The summed E-state index contributed by atoms with van der Waals surface area (Å²) in [4.78, 5) is 9.31. The van der Waals surface area contributed by atoms with Gasteiger partial charge in [-0.25, -0.2) is 9.67 Å². The molecule has 3 fully saturated rings. The van der Waals surface area contributed by atoms with Gasteiger partial charge in [0, 0.05) is 18.0 Å². The summed E-state index contributed by atoms with van der Waals surface area (Å²) in [6.07, 6.45) is 5.57. The van der Waals surface area contributed by atoms with E-state index in [1.807, 2.05) is 32.2 Å². The molecular formula is C19H19N5O2. The third kappa shape index (κ3) is 1.80. The van der Waals surface area contributed by atoms with E-state index in [0.29, 0.717) is 5.95 Å². The molecule has 0 amide bonds. The van der Waals surface area contributed by atoms with Gasteiger partial charge in [-0.15, -0.1) is 0 Å². The van der Waals surface area contributed by atoms with Crippen molar-refractivity contribution in [3.05, 3.63) is 29.6 Å². The number of nitrogens with zero attached hydrogens (tertiary/aromatic N) is 4. The average Bonchev–Trinajstić information content (AvgIpc) is 3.10. The van der Waals surface area contributed by atoms with Crippen molar-refractivity contribution in [1.29, 1.82) is 0 Å². The molecule has 4 aliphatic rings. The Bertz CT molecular complexity index is 1060. The van der Waals surface area contributed by atoms with Crippen LogP contribution in [0, 0.1) is 19.8 Å². The summed E-state index contributed by atoms with van der Waals surface area (Å²) in [6, 6.07) is 3.91. The number of aromatic nitrogens is 4. The molecule has 0 radical (unpaired) electrons. The van der Waals surface area contributed by atoms with E-state index in [0.717, 1.165) is 45.4 Å². The first-order valence-electron chi connectivity index (χ1n) is 9.01. The highest BCUT2D eigenvalue weighted by Gasteiger charge is 2.59. The Morgan fingerprint density at radius 2 is 1.92 bits per heavy atom. The van der Waals surface area contributed by atoms with E-state index in [9.17, 15) is 0 Å². The van der Waals surface area contributed by atoms with Crippen molar-refractivity contribution in [1.82, 2.24) is 19.7 Å². The molecule has 3 aliphatic carbocycles. The molecule has 1 N–H and O–H groups in total. The molecular weight excluding hydrogens is 330 g/mol. The topological polar surface area (TPSA) is 74.1 Å². The highest BCUT2D eigenvalue weighted by atomic mass is 16.7. The Kier molecular flexibility index (Phi) is 2.57. The lowest BCUT2D eigenvalue weighted by Gasteiger charge is -2.61. The van der Waals surface area contributed by atoms with Crippen LogP contribution in [0.1, 0.15) is 30.5 Å².